The van der Waals surface area contributed by atoms with Crippen LogP contribution in [-0.4, -0.2) is 45.0 Å². The van der Waals surface area contributed by atoms with Crippen molar-refractivity contribution in [2.24, 2.45) is 4.99 Å². The number of ether oxygens (including phenoxy) is 2. The lowest BCUT2D eigenvalue weighted by atomic mass is 9.69. The molecule has 1 heterocycles. The van der Waals surface area contributed by atoms with Crippen LogP contribution in [0.15, 0.2) is 27.7 Å². The Kier molecular flexibility index (Phi) is 8.42. The average Bonchev–Trinajstić information content (AvgIpc) is 3.14. The van der Waals surface area contributed by atoms with Gasteiger partial charge in [-0.15, -0.1) is 0 Å². The summed E-state index contributed by atoms with van der Waals surface area (Å²) in [6, 6.07) is 6.33. The van der Waals surface area contributed by atoms with Gasteiger partial charge in [0.15, 0.2) is 17.5 Å². The molecule has 1 aromatic heterocycles. The van der Waals surface area contributed by atoms with Crippen molar-refractivity contribution in [3.63, 3.8) is 0 Å². The van der Waals surface area contributed by atoms with Crippen LogP contribution in [0.1, 0.15) is 61.6 Å². The highest BCUT2D eigenvalue weighted by molar-refractivity contribution is 5.79. The van der Waals surface area contributed by atoms with Crippen molar-refractivity contribution in [3.8, 4) is 11.5 Å². The van der Waals surface area contributed by atoms with Crippen molar-refractivity contribution < 1.29 is 14.0 Å². The Labute approximate surface area is 192 Å². The van der Waals surface area contributed by atoms with E-state index in [0.29, 0.717) is 0 Å². The SMILES string of the molecule is CCNC(=NCC1(c2ccc(OC)c(OC)c2)CCCCC1)NCCc1c(C)noc1C. The Morgan fingerprint density at radius 3 is 2.47 bits per heavy atom. The van der Waals surface area contributed by atoms with Crippen molar-refractivity contribution in [1.29, 1.82) is 0 Å². The Balaban J connectivity index is 1.76. The number of aliphatic imine (C=N–C) groups is 1. The fraction of sp³-hybridized carbons (Fsp3) is 0.600. The first-order chi connectivity index (χ1) is 15.5. The summed E-state index contributed by atoms with van der Waals surface area (Å²) in [7, 11) is 3.37. The van der Waals surface area contributed by atoms with E-state index in [-0.39, 0.29) is 5.41 Å². The highest BCUT2D eigenvalue weighted by Gasteiger charge is 2.34. The molecule has 0 saturated heterocycles. The molecule has 0 atom stereocenters. The molecule has 176 valence electrons. The Hall–Kier alpha value is -2.70. The Morgan fingerprint density at radius 1 is 1.09 bits per heavy atom. The number of hydrogen-bond donors (Lipinski definition) is 2. The predicted octanol–water partition coefficient (Wildman–Crippen LogP) is 4.31. The first-order valence-electron chi connectivity index (χ1n) is 11.7. The molecule has 1 aliphatic rings. The first kappa shape index (κ1) is 24.0. The van der Waals surface area contributed by atoms with E-state index in [9.17, 15) is 0 Å². The van der Waals surface area contributed by atoms with Gasteiger partial charge in [-0.1, -0.05) is 30.5 Å². The van der Waals surface area contributed by atoms with Crippen LogP contribution in [0.2, 0.25) is 0 Å². The van der Waals surface area contributed by atoms with Crippen LogP contribution in [0.25, 0.3) is 0 Å². The molecule has 32 heavy (non-hydrogen) atoms. The molecule has 0 amide bonds. The van der Waals surface area contributed by atoms with Gasteiger partial charge in [-0.3, -0.25) is 4.99 Å². The van der Waals surface area contributed by atoms with Crippen molar-refractivity contribution in [3.05, 3.63) is 40.8 Å². The number of nitrogens with zero attached hydrogens (tertiary/aromatic N) is 2. The number of benzene rings is 1. The fourth-order valence-electron chi connectivity index (χ4n) is 4.67. The summed E-state index contributed by atoms with van der Waals surface area (Å²) in [5.41, 5.74) is 3.43. The molecular formula is C25H38N4O3. The zero-order valence-electron chi connectivity index (χ0n) is 20.2. The molecule has 0 radical (unpaired) electrons. The van der Waals surface area contributed by atoms with E-state index in [1.165, 1.54) is 30.4 Å². The summed E-state index contributed by atoms with van der Waals surface area (Å²) >= 11 is 0. The van der Waals surface area contributed by atoms with Crippen molar-refractivity contribution in [2.75, 3.05) is 33.9 Å². The standard InChI is InChI=1S/C25H38N4O3/c1-6-26-24(27-15-12-21-18(2)29-32-19(21)3)28-17-25(13-8-7-9-14-25)20-10-11-22(30-4)23(16-20)31-5/h10-11,16H,6-9,12-15,17H2,1-5H3,(H2,26,27,28). The van der Waals surface area contributed by atoms with Crippen molar-refractivity contribution in [1.82, 2.24) is 15.8 Å². The lowest BCUT2D eigenvalue weighted by Crippen LogP contribution is -2.40. The second kappa shape index (κ2) is 11.2. The average molecular weight is 443 g/mol. The van der Waals surface area contributed by atoms with Gasteiger partial charge in [-0.05, 0) is 57.7 Å². The summed E-state index contributed by atoms with van der Waals surface area (Å²) in [6.07, 6.45) is 6.84. The van der Waals surface area contributed by atoms with Crippen LogP contribution in [0.5, 0.6) is 11.5 Å². The fourth-order valence-corrected chi connectivity index (χ4v) is 4.67. The second-order valence-electron chi connectivity index (χ2n) is 8.59. The molecular weight excluding hydrogens is 404 g/mol. The van der Waals surface area contributed by atoms with E-state index in [1.807, 2.05) is 19.9 Å². The van der Waals surface area contributed by atoms with E-state index in [4.69, 9.17) is 19.0 Å². The van der Waals surface area contributed by atoms with Gasteiger partial charge in [0.25, 0.3) is 0 Å². The molecule has 1 aromatic carbocycles. The summed E-state index contributed by atoms with van der Waals surface area (Å²) in [6.45, 7) is 8.38. The Bertz CT molecular complexity index is 881. The molecule has 0 bridgehead atoms. The van der Waals surface area contributed by atoms with E-state index in [0.717, 1.165) is 67.8 Å². The summed E-state index contributed by atoms with van der Waals surface area (Å²) in [5.74, 6) is 3.29. The molecule has 1 saturated carbocycles. The van der Waals surface area contributed by atoms with Crippen molar-refractivity contribution >= 4 is 5.96 Å². The molecule has 0 unspecified atom stereocenters. The lowest BCUT2D eigenvalue weighted by Gasteiger charge is -2.37. The van der Waals surface area contributed by atoms with Gasteiger partial charge >= 0.3 is 0 Å². The number of methoxy groups -OCH3 is 2. The van der Waals surface area contributed by atoms with E-state index in [2.05, 4.69) is 34.8 Å². The number of hydrogen-bond acceptors (Lipinski definition) is 5. The quantitative estimate of drug-likeness (QED) is 0.445. The zero-order valence-corrected chi connectivity index (χ0v) is 20.2. The number of aryl methyl sites for hydroxylation is 2. The molecule has 0 spiro atoms. The monoisotopic (exact) mass is 442 g/mol. The summed E-state index contributed by atoms with van der Waals surface area (Å²) < 4.78 is 16.3. The minimum atomic E-state index is 0.0157. The second-order valence-corrected chi connectivity index (χ2v) is 8.59. The number of rotatable bonds is 9. The van der Waals surface area contributed by atoms with Gasteiger partial charge < -0.3 is 24.6 Å². The minimum absolute atomic E-state index is 0.0157. The zero-order chi connectivity index (χ0) is 23.0. The molecule has 2 N–H and O–H groups in total. The van der Waals surface area contributed by atoms with E-state index < -0.39 is 0 Å². The highest BCUT2D eigenvalue weighted by atomic mass is 16.5. The molecule has 7 nitrogen and oxygen atoms in total. The van der Waals surface area contributed by atoms with Crippen LogP contribution in [0, 0.1) is 13.8 Å². The summed E-state index contributed by atoms with van der Waals surface area (Å²) in [4.78, 5) is 5.03. The first-order valence-corrected chi connectivity index (χ1v) is 11.7. The Morgan fingerprint density at radius 2 is 1.84 bits per heavy atom. The van der Waals surface area contributed by atoms with Gasteiger partial charge in [0.2, 0.25) is 0 Å². The van der Waals surface area contributed by atoms with Crippen LogP contribution in [0.4, 0.5) is 0 Å². The van der Waals surface area contributed by atoms with Gasteiger partial charge in [0.05, 0.1) is 26.5 Å². The molecule has 7 heteroatoms. The van der Waals surface area contributed by atoms with Gasteiger partial charge in [-0.2, -0.15) is 0 Å². The van der Waals surface area contributed by atoms with Crippen molar-refractivity contribution in [2.45, 2.75) is 64.7 Å². The topological polar surface area (TPSA) is 80.9 Å². The summed E-state index contributed by atoms with van der Waals surface area (Å²) in [5, 5.41) is 10.9. The third kappa shape index (κ3) is 5.56. The molecule has 3 rings (SSSR count). The van der Waals surface area contributed by atoms with E-state index in [1.54, 1.807) is 14.2 Å². The van der Waals surface area contributed by atoms with Gasteiger partial charge in [-0.25, -0.2) is 0 Å². The van der Waals surface area contributed by atoms with Gasteiger partial charge in [0.1, 0.15) is 5.76 Å². The lowest BCUT2D eigenvalue weighted by molar-refractivity contribution is 0.298. The number of aromatic nitrogens is 1. The maximum Gasteiger partial charge on any atom is 0.191 e. The number of nitrogens with one attached hydrogen (secondary N) is 2. The molecule has 1 fully saturated rings. The number of guanidine groups is 1. The van der Waals surface area contributed by atoms with Crippen LogP contribution in [0.3, 0.4) is 0 Å². The third-order valence-corrected chi connectivity index (χ3v) is 6.54. The minimum Gasteiger partial charge on any atom is -0.493 e. The molecule has 1 aliphatic carbocycles. The molecule has 2 aromatic rings. The predicted molar refractivity (Wildman–Crippen MR) is 128 cm³/mol. The van der Waals surface area contributed by atoms with Crippen LogP contribution in [-0.2, 0) is 11.8 Å². The van der Waals surface area contributed by atoms with Gasteiger partial charge in [0, 0.05) is 24.1 Å². The third-order valence-electron chi connectivity index (χ3n) is 6.54. The normalized spacial score (nSPS) is 16.0. The van der Waals surface area contributed by atoms with Crippen LogP contribution >= 0.6 is 0 Å². The maximum absolute atomic E-state index is 5.59. The highest BCUT2D eigenvalue weighted by Crippen LogP contribution is 2.42. The smallest absolute Gasteiger partial charge is 0.191 e. The molecule has 0 aliphatic heterocycles. The van der Waals surface area contributed by atoms with Crippen LogP contribution < -0.4 is 20.1 Å². The maximum atomic E-state index is 5.59. The van der Waals surface area contributed by atoms with E-state index >= 15 is 0 Å². The largest absolute Gasteiger partial charge is 0.493 e.